The molecule has 2 aromatic heterocycles. The second-order valence-corrected chi connectivity index (χ2v) is 7.69. The van der Waals surface area contributed by atoms with Gasteiger partial charge in [0.25, 0.3) is 5.91 Å². The Balaban J connectivity index is 1.38. The highest BCUT2D eigenvalue weighted by Gasteiger charge is 2.12. The number of nitrogens with zero attached hydrogens (tertiary/aromatic N) is 3. The molecular weight excluding hydrogens is 412 g/mol. The monoisotopic (exact) mass is 440 g/mol. The van der Waals surface area contributed by atoms with E-state index < -0.39 is 0 Å². The van der Waals surface area contributed by atoms with Gasteiger partial charge in [-0.05, 0) is 48.7 Å². The Morgan fingerprint density at radius 1 is 1.06 bits per heavy atom. The molecule has 0 saturated carbocycles. The Labute approximate surface area is 194 Å². The maximum atomic E-state index is 12.2. The van der Waals surface area contributed by atoms with Crippen LogP contribution in [0.2, 0.25) is 0 Å². The molecule has 6 heteroatoms. The van der Waals surface area contributed by atoms with E-state index >= 15 is 0 Å². The number of pyridine rings is 1. The molecule has 0 spiro atoms. The SMILES string of the molecule is C=CCc1ccccc1OCCn1c(CCCNC(=O)c2ccccn2)nc2ccccc21. The average Bonchev–Trinajstić information content (AvgIpc) is 3.21. The van der Waals surface area contributed by atoms with Crippen LogP contribution in [-0.2, 0) is 19.4 Å². The van der Waals surface area contributed by atoms with Crippen LogP contribution in [0.25, 0.3) is 11.0 Å². The maximum absolute atomic E-state index is 12.2. The minimum atomic E-state index is -0.157. The summed E-state index contributed by atoms with van der Waals surface area (Å²) >= 11 is 0. The van der Waals surface area contributed by atoms with Crippen LogP contribution in [0.4, 0.5) is 0 Å². The standard InChI is InChI=1S/C27H28N4O2/c1-2-10-21-11-3-6-15-25(21)33-20-19-31-24-14-5-4-12-22(24)30-26(31)16-9-18-29-27(32)23-13-7-8-17-28-23/h2-8,11-15,17H,1,9-10,16,18-20H2,(H,29,32). The van der Waals surface area contributed by atoms with Crippen molar-refractivity contribution in [3.8, 4) is 5.75 Å². The molecule has 168 valence electrons. The normalized spacial score (nSPS) is 10.8. The summed E-state index contributed by atoms with van der Waals surface area (Å²) in [6, 6.07) is 21.5. The molecular formula is C27H28N4O2. The Bertz CT molecular complexity index is 1220. The molecule has 2 heterocycles. The van der Waals surface area contributed by atoms with Crippen LogP contribution in [-0.4, -0.2) is 33.6 Å². The fourth-order valence-electron chi connectivity index (χ4n) is 3.82. The van der Waals surface area contributed by atoms with Gasteiger partial charge in [0.05, 0.1) is 17.6 Å². The number of carbonyl (C=O) groups is 1. The first-order chi connectivity index (χ1) is 16.3. The van der Waals surface area contributed by atoms with Crippen LogP contribution >= 0.6 is 0 Å². The van der Waals surface area contributed by atoms with E-state index in [0.717, 1.165) is 47.4 Å². The van der Waals surface area contributed by atoms with Crippen molar-refractivity contribution < 1.29 is 9.53 Å². The summed E-state index contributed by atoms with van der Waals surface area (Å²) in [5.74, 6) is 1.72. The summed E-state index contributed by atoms with van der Waals surface area (Å²) in [6.45, 7) is 5.62. The Kier molecular flexibility index (Phi) is 7.48. The van der Waals surface area contributed by atoms with Crippen molar-refractivity contribution in [1.29, 1.82) is 0 Å². The fraction of sp³-hybridized carbons (Fsp3) is 0.222. The first-order valence-electron chi connectivity index (χ1n) is 11.2. The topological polar surface area (TPSA) is 69.0 Å². The van der Waals surface area contributed by atoms with Crippen LogP contribution in [0.5, 0.6) is 5.75 Å². The van der Waals surface area contributed by atoms with Crippen molar-refractivity contribution in [3.63, 3.8) is 0 Å². The first-order valence-corrected chi connectivity index (χ1v) is 11.2. The molecule has 2 aromatic carbocycles. The largest absolute Gasteiger partial charge is 0.491 e. The van der Waals surface area contributed by atoms with Gasteiger partial charge in [-0.3, -0.25) is 9.78 Å². The lowest BCUT2D eigenvalue weighted by Crippen LogP contribution is -2.25. The molecule has 4 aromatic rings. The third-order valence-corrected chi connectivity index (χ3v) is 5.40. The van der Waals surface area contributed by atoms with Crippen molar-refractivity contribution in [2.45, 2.75) is 25.8 Å². The summed E-state index contributed by atoms with van der Waals surface area (Å²) in [5, 5.41) is 2.93. The van der Waals surface area contributed by atoms with Crippen LogP contribution in [0.1, 0.15) is 28.3 Å². The maximum Gasteiger partial charge on any atom is 0.269 e. The summed E-state index contributed by atoms with van der Waals surface area (Å²) in [5.41, 5.74) is 3.62. The third-order valence-electron chi connectivity index (χ3n) is 5.40. The Hall–Kier alpha value is -3.93. The number of aromatic nitrogens is 3. The number of nitrogens with one attached hydrogen (secondary N) is 1. The summed E-state index contributed by atoms with van der Waals surface area (Å²) in [4.78, 5) is 21.1. The van der Waals surface area contributed by atoms with Gasteiger partial charge in [-0.2, -0.15) is 0 Å². The number of amides is 1. The molecule has 1 amide bonds. The van der Waals surface area contributed by atoms with Gasteiger partial charge in [0, 0.05) is 19.2 Å². The number of hydrogen-bond donors (Lipinski definition) is 1. The van der Waals surface area contributed by atoms with E-state index in [1.807, 2.05) is 48.5 Å². The van der Waals surface area contributed by atoms with Gasteiger partial charge < -0.3 is 14.6 Å². The quantitative estimate of drug-likeness (QED) is 0.273. The smallest absolute Gasteiger partial charge is 0.269 e. The van der Waals surface area contributed by atoms with Crippen LogP contribution in [0, 0.1) is 0 Å². The molecule has 0 aliphatic heterocycles. The molecule has 6 nitrogen and oxygen atoms in total. The fourth-order valence-corrected chi connectivity index (χ4v) is 3.82. The Morgan fingerprint density at radius 2 is 1.88 bits per heavy atom. The van der Waals surface area contributed by atoms with E-state index in [4.69, 9.17) is 9.72 Å². The molecule has 0 atom stereocenters. The number of hydrogen-bond acceptors (Lipinski definition) is 4. The lowest BCUT2D eigenvalue weighted by Gasteiger charge is -2.13. The predicted molar refractivity (Wildman–Crippen MR) is 130 cm³/mol. The number of ether oxygens (including phenoxy) is 1. The Morgan fingerprint density at radius 3 is 2.73 bits per heavy atom. The zero-order valence-electron chi connectivity index (χ0n) is 18.6. The third kappa shape index (κ3) is 5.66. The molecule has 4 rings (SSSR count). The van der Waals surface area contributed by atoms with Crippen LogP contribution in [0.15, 0.2) is 85.6 Å². The number of aryl methyl sites for hydroxylation is 1. The van der Waals surface area contributed by atoms with Gasteiger partial charge in [0.15, 0.2) is 0 Å². The van der Waals surface area contributed by atoms with E-state index in [2.05, 4.69) is 33.6 Å². The van der Waals surface area contributed by atoms with E-state index in [9.17, 15) is 4.79 Å². The number of fused-ring (bicyclic) bond motifs is 1. The lowest BCUT2D eigenvalue weighted by atomic mass is 10.1. The minimum absolute atomic E-state index is 0.157. The van der Waals surface area contributed by atoms with E-state index in [1.54, 1.807) is 18.3 Å². The van der Waals surface area contributed by atoms with Gasteiger partial charge in [-0.15, -0.1) is 6.58 Å². The zero-order chi connectivity index (χ0) is 22.9. The van der Waals surface area contributed by atoms with Gasteiger partial charge in [-0.25, -0.2) is 4.98 Å². The highest BCUT2D eigenvalue weighted by Crippen LogP contribution is 2.20. The highest BCUT2D eigenvalue weighted by molar-refractivity contribution is 5.92. The first kappa shape index (κ1) is 22.3. The second kappa shape index (κ2) is 11.1. The molecule has 0 aliphatic carbocycles. The van der Waals surface area contributed by atoms with Gasteiger partial charge in [-0.1, -0.05) is 42.5 Å². The van der Waals surface area contributed by atoms with E-state index in [-0.39, 0.29) is 5.91 Å². The number of carbonyl (C=O) groups excluding carboxylic acids is 1. The molecule has 0 unspecified atom stereocenters. The van der Waals surface area contributed by atoms with Crippen molar-refractivity contribution >= 4 is 16.9 Å². The zero-order valence-corrected chi connectivity index (χ0v) is 18.6. The van der Waals surface area contributed by atoms with Crippen molar-refractivity contribution in [2.75, 3.05) is 13.2 Å². The number of rotatable bonds is 11. The van der Waals surface area contributed by atoms with Crippen LogP contribution < -0.4 is 10.1 Å². The second-order valence-electron chi connectivity index (χ2n) is 7.69. The van der Waals surface area contributed by atoms with Gasteiger partial charge in [0.1, 0.15) is 23.9 Å². The van der Waals surface area contributed by atoms with E-state index in [1.165, 1.54) is 0 Å². The van der Waals surface area contributed by atoms with Crippen LogP contribution in [0.3, 0.4) is 0 Å². The molecule has 0 radical (unpaired) electrons. The molecule has 1 N–H and O–H groups in total. The van der Waals surface area contributed by atoms with Gasteiger partial charge >= 0.3 is 0 Å². The number of para-hydroxylation sites is 3. The molecule has 0 aliphatic rings. The summed E-state index contributed by atoms with van der Waals surface area (Å²) in [6.07, 6.45) is 5.82. The minimum Gasteiger partial charge on any atom is -0.491 e. The predicted octanol–water partition coefficient (Wildman–Crippen LogP) is 4.60. The summed E-state index contributed by atoms with van der Waals surface area (Å²) in [7, 11) is 0. The number of benzene rings is 2. The van der Waals surface area contributed by atoms with E-state index in [0.29, 0.717) is 25.4 Å². The molecule has 0 saturated heterocycles. The number of allylic oxidation sites excluding steroid dienone is 1. The molecule has 0 bridgehead atoms. The molecule has 33 heavy (non-hydrogen) atoms. The highest BCUT2D eigenvalue weighted by atomic mass is 16.5. The average molecular weight is 441 g/mol. The lowest BCUT2D eigenvalue weighted by molar-refractivity contribution is 0.0948. The number of imidazole rings is 1. The molecule has 0 fully saturated rings. The van der Waals surface area contributed by atoms with Crippen molar-refractivity contribution in [2.24, 2.45) is 0 Å². The van der Waals surface area contributed by atoms with Crippen molar-refractivity contribution in [3.05, 3.63) is 103 Å². The summed E-state index contributed by atoms with van der Waals surface area (Å²) < 4.78 is 8.33. The van der Waals surface area contributed by atoms with Gasteiger partial charge in [0.2, 0.25) is 0 Å². The van der Waals surface area contributed by atoms with Crippen molar-refractivity contribution in [1.82, 2.24) is 19.9 Å².